The van der Waals surface area contributed by atoms with Gasteiger partial charge in [0.1, 0.15) is 0 Å². The van der Waals surface area contributed by atoms with Crippen molar-refractivity contribution >= 4 is 22.1 Å². The second-order valence-corrected chi connectivity index (χ2v) is 7.55. The van der Waals surface area contributed by atoms with Crippen LogP contribution in [0.3, 0.4) is 0 Å². The fourth-order valence-corrected chi connectivity index (χ4v) is 4.02. The Balaban J connectivity index is 1.57. The van der Waals surface area contributed by atoms with Gasteiger partial charge in [-0.25, -0.2) is 0 Å². The van der Waals surface area contributed by atoms with E-state index in [2.05, 4.69) is 133 Å². The third-order valence-electron chi connectivity index (χ3n) is 5.67. The van der Waals surface area contributed by atoms with Gasteiger partial charge in [-0.1, -0.05) is 97.1 Å². The van der Waals surface area contributed by atoms with Crippen molar-refractivity contribution in [1.29, 1.82) is 0 Å². The Hall–Kier alpha value is -3.84. The van der Waals surface area contributed by atoms with Crippen LogP contribution in [0.15, 0.2) is 121 Å². The number of anilines is 2. The number of fused-ring (bicyclic) bond motifs is 1. The van der Waals surface area contributed by atoms with Crippen LogP contribution in [-0.4, -0.2) is 7.05 Å². The molecular weight excluding hydrogens is 362 g/mol. The molecule has 1 heteroatoms. The molecule has 0 bridgehead atoms. The molecule has 0 aliphatic rings. The Labute approximate surface area is 177 Å². The zero-order valence-corrected chi connectivity index (χ0v) is 17.0. The van der Waals surface area contributed by atoms with Gasteiger partial charge in [-0.05, 0) is 51.7 Å². The molecule has 0 aliphatic carbocycles. The van der Waals surface area contributed by atoms with Crippen molar-refractivity contribution < 1.29 is 0 Å². The van der Waals surface area contributed by atoms with Gasteiger partial charge in [0.2, 0.25) is 0 Å². The van der Waals surface area contributed by atoms with Gasteiger partial charge in [0.05, 0.1) is 0 Å². The lowest BCUT2D eigenvalue weighted by atomic mass is 10.00. The molecule has 0 fully saturated rings. The molecule has 5 rings (SSSR count). The molecule has 30 heavy (non-hydrogen) atoms. The lowest BCUT2D eigenvalue weighted by Gasteiger charge is -2.23. The molecule has 0 atom stereocenters. The summed E-state index contributed by atoms with van der Waals surface area (Å²) >= 11 is 0. The molecule has 0 amide bonds. The molecule has 144 valence electrons. The first-order chi connectivity index (χ1) is 14.8. The van der Waals surface area contributed by atoms with E-state index in [1.165, 1.54) is 44.4 Å². The highest BCUT2D eigenvalue weighted by atomic mass is 15.1. The van der Waals surface area contributed by atoms with E-state index < -0.39 is 0 Å². The Morgan fingerprint density at radius 3 is 1.87 bits per heavy atom. The molecule has 0 saturated carbocycles. The molecule has 0 saturated heterocycles. The highest BCUT2D eigenvalue weighted by Crippen LogP contribution is 2.35. The van der Waals surface area contributed by atoms with Crippen LogP contribution in [0.1, 0.15) is 0 Å². The first-order valence-electron chi connectivity index (χ1n) is 10.3. The average Bonchev–Trinajstić information content (AvgIpc) is 2.84. The summed E-state index contributed by atoms with van der Waals surface area (Å²) in [5.41, 5.74) is 7.32. The number of para-hydroxylation sites is 1. The second kappa shape index (κ2) is 7.88. The number of rotatable bonds is 4. The minimum Gasteiger partial charge on any atom is -0.344 e. The van der Waals surface area contributed by atoms with Gasteiger partial charge in [0.25, 0.3) is 0 Å². The van der Waals surface area contributed by atoms with Crippen LogP contribution in [0.25, 0.3) is 33.0 Å². The summed E-state index contributed by atoms with van der Waals surface area (Å²) in [4.78, 5) is 2.27. The van der Waals surface area contributed by atoms with Gasteiger partial charge >= 0.3 is 0 Å². The van der Waals surface area contributed by atoms with Gasteiger partial charge < -0.3 is 4.90 Å². The zero-order chi connectivity index (χ0) is 20.3. The van der Waals surface area contributed by atoms with Crippen molar-refractivity contribution in [2.45, 2.75) is 0 Å². The van der Waals surface area contributed by atoms with Gasteiger partial charge in [-0.3, -0.25) is 0 Å². The monoisotopic (exact) mass is 385 g/mol. The standard InChI is InChI=1S/C29H23N/c1-30(29-15-9-8-14-28(29)24-12-6-3-7-13-24)27-19-18-23-16-17-25(20-26(23)21-27)22-10-4-2-5-11-22/h2-21H,1H3. The summed E-state index contributed by atoms with van der Waals surface area (Å²) in [5.74, 6) is 0. The maximum atomic E-state index is 2.28. The Morgan fingerprint density at radius 1 is 0.467 bits per heavy atom. The zero-order valence-electron chi connectivity index (χ0n) is 17.0. The third-order valence-corrected chi connectivity index (χ3v) is 5.67. The van der Waals surface area contributed by atoms with Crippen molar-refractivity contribution in [2.24, 2.45) is 0 Å². The van der Waals surface area contributed by atoms with Crippen molar-refractivity contribution in [1.82, 2.24) is 0 Å². The smallest absolute Gasteiger partial charge is 0.0487 e. The molecule has 0 radical (unpaired) electrons. The minimum absolute atomic E-state index is 1.18. The van der Waals surface area contributed by atoms with Crippen LogP contribution in [0, 0.1) is 0 Å². The summed E-state index contributed by atoms with van der Waals surface area (Å²) in [6, 6.07) is 43.1. The van der Waals surface area contributed by atoms with E-state index in [1.807, 2.05) is 0 Å². The van der Waals surface area contributed by atoms with E-state index in [0.717, 1.165) is 0 Å². The highest BCUT2D eigenvalue weighted by molar-refractivity contribution is 5.91. The van der Waals surface area contributed by atoms with Crippen molar-refractivity contribution in [3.63, 3.8) is 0 Å². The number of nitrogens with zero attached hydrogens (tertiary/aromatic N) is 1. The van der Waals surface area contributed by atoms with Crippen LogP contribution >= 0.6 is 0 Å². The van der Waals surface area contributed by atoms with Gasteiger partial charge in [0, 0.05) is 24.0 Å². The third kappa shape index (κ3) is 3.46. The number of benzene rings is 5. The lowest BCUT2D eigenvalue weighted by Crippen LogP contribution is -2.10. The van der Waals surface area contributed by atoms with Gasteiger partial charge in [-0.2, -0.15) is 0 Å². The van der Waals surface area contributed by atoms with Crippen molar-refractivity contribution in [3.05, 3.63) is 121 Å². The molecule has 1 nitrogen and oxygen atoms in total. The fourth-order valence-electron chi connectivity index (χ4n) is 4.02. The first-order valence-corrected chi connectivity index (χ1v) is 10.3. The summed E-state index contributed by atoms with van der Waals surface area (Å²) in [6.45, 7) is 0. The summed E-state index contributed by atoms with van der Waals surface area (Å²) in [5, 5.41) is 2.50. The van der Waals surface area contributed by atoms with E-state index in [0.29, 0.717) is 0 Å². The molecule has 0 aliphatic heterocycles. The predicted molar refractivity (Wildman–Crippen MR) is 129 cm³/mol. The Kier molecular flexibility index (Phi) is 4.78. The molecule has 0 unspecified atom stereocenters. The van der Waals surface area contributed by atoms with Crippen molar-refractivity contribution in [2.75, 3.05) is 11.9 Å². The van der Waals surface area contributed by atoms with E-state index >= 15 is 0 Å². The van der Waals surface area contributed by atoms with E-state index in [9.17, 15) is 0 Å². The molecule has 0 spiro atoms. The summed E-state index contributed by atoms with van der Waals surface area (Å²) < 4.78 is 0. The SMILES string of the molecule is CN(c1ccc2ccc(-c3ccccc3)cc2c1)c1ccccc1-c1ccccc1. The van der Waals surface area contributed by atoms with Crippen LogP contribution in [-0.2, 0) is 0 Å². The van der Waals surface area contributed by atoms with E-state index in [-0.39, 0.29) is 0 Å². The van der Waals surface area contributed by atoms with Crippen LogP contribution in [0.2, 0.25) is 0 Å². The van der Waals surface area contributed by atoms with E-state index in [1.54, 1.807) is 0 Å². The normalized spacial score (nSPS) is 10.8. The molecule has 0 aromatic heterocycles. The molecule has 0 heterocycles. The molecule has 5 aromatic rings. The number of hydrogen-bond donors (Lipinski definition) is 0. The Morgan fingerprint density at radius 2 is 1.10 bits per heavy atom. The van der Waals surface area contributed by atoms with Crippen LogP contribution < -0.4 is 4.90 Å². The molecular formula is C29H23N. The maximum absolute atomic E-state index is 2.28. The van der Waals surface area contributed by atoms with Crippen LogP contribution in [0.4, 0.5) is 11.4 Å². The minimum atomic E-state index is 1.18. The fraction of sp³-hybridized carbons (Fsp3) is 0.0345. The predicted octanol–water partition coefficient (Wildman–Crippen LogP) is 7.94. The van der Waals surface area contributed by atoms with Crippen LogP contribution in [0.5, 0.6) is 0 Å². The highest BCUT2D eigenvalue weighted by Gasteiger charge is 2.11. The topological polar surface area (TPSA) is 3.24 Å². The number of hydrogen-bond acceptors (Lipinski definition) is 1. The largest absolute Gasteiger partial charge is 0.344 e. The lowest BCUT2D eigenvalue weighted by molar-refractivity contribution is 1.21. The average molecular weight is 386 g/mol. The van der Waals surface area contributed by atoms with Gasteiger partial charge in [0.15, 0.2) is 0 Å². The van der Waals surface area contributed by atoms with E-state index in [4.69, 9.17) is 0 Å². The Bertz CT molecular complexity index is 1290. The molecule has 5 aromatic carbocycles. The molecule has 0 N–H and O–H groups in total. The summed E-state index contributed by atoms with van der Waals surface area (Å²) in [6.07, 6.45) is 0. The summed E-state index contributed by atoms with van der Waals surface area (Å²) in [7, 11) is 2.14. The second-order valence-electron chi connectivity index (χ2n) is 7.55. The van der Waals surface area contributed by atoms with Crippen molar-refractivity contribution in [3.8, 4) is 22.3 Å². The van der Waals surface area contributed by atoms with Gasteiger partial charge in [-0.15, -0.1) is 0 Å². The quantitative estimate of drug-likeness (QED) is 0.303. The maximum Gasteiger partial charge on any atom is 0.0487 e. The first kappa shape index (κ1) is 18.2.